The fraction of sp³-hybridized carbons (Fsp3) is 0.375. The van der Waals surface area contributed by atoms with E-state index in [1.807, 2.05) is 48.3 Å². The van der Waals surface area contributed by atoms with Crippen molar-refractivity contribution in [1.82, 2.24) is 4.90 Å². The highest BCUT2D eigenvalue weighted by Gasteiger charge is 2.16. The fourth-order valence-electron chi connectivity index (χ4n) is 2.09. The molecule has 0 saturated heterocycles. The summed E-state index contributed by atoms with van der Waals surface area (Å²) in [7, 11) is 1.94. The zero-order valence-corrected chi connectivity index (χ0v) is 12.2. The number of rotatable bonds is 6. The van der Waals surface area contributed by atoms with Crippen LogP contribution in [0.4, 0.5) is 0 Å². The van der Waals surface area contributed by atoms with E-state index in [0.717, 1.165) is 11.5 Å². The van der Waals surface area contributed by atoms with Crippen LogP contribution in [0.15, 0.2) is 46.9 Å². The van der Waals surface area contributed by atoms with Crippen LogP contribution < -0.4 is 4.74 Å². The molecule has 4 heteroatoms. The first-order valence-electron chi connectivity index (χ1n) is 6.65. The Kier molecular flexibility index (Phi) is 4.47. The topological polar surface area (TPSA) is 45.8 Å². The predicted octanol–water partition coefficient (Wildman–Crippen LogP) is 3.27. The third kappa shape index (κ3) is 4.72. The average molecular weight is 275 g/mol. The summed E-state index contributed by atoms with van der Waals surface area (Å²) >= 11 is 0. The van der Waals surface area contributed by atoms with Gasteiger partial charge in [0.05, 0.1) is 12.1 Å². The van der Waals surface area contributed by atoms with Gasteiger partial charge in [-0.25, -0.2) is 0 Å². The minimum absolute atomic E-state index is 0.475. The van der Waals surface area contributed by atoms with Gasteiger partial charge in [-0.15, -0.1) is 0 Å². The Morgan fingerprint density at radius 3 is 2.50 bits per heavy atom. The molecule has 1 N–H and O–H groups in total. The van der Waals surface area contributed by atoms with Crippen LogP contribution >= 0.6 is 0 Å². The molecule has 0 radical (unpaired) electrons. The summed E-state index contributed by atoms with van der Waals surface area (Å²) < 4.78 is 11.2. The van der Waals surface area contributed by atoms with E-state index in [1.54, 1.807) is 19.9 Å². The molecule has 0 aliphatic heterocycles. The molecule has 1 aromatic carbocycles. The first-order valence-corrected chi connectivity index (χ1v) is 6.65. The smallest absolute Gasteiger partial charge is 0.290 e. The van der Waals surface area contributed by atoms with Crippen molar-refractivity contribution >= 4 is 0 Å². The summed E-state index contributed by atoms with van der Waals surface area (Å²) in [5.41, 5.74) is -0.718. The molecular weight excluding hydrogens is 254 g/mol. The van der Waals surface area contributed by atoms with Crippen LogP contribution in [0.5, 0.6) is 11.7 Å². The number of furan rings is 1. The van der Waals surface area contributed by atoms with Crippen molar-refractivity contribution in [3.63, 3.8) is 0 Å². The highest BCUT2D eigenvalue weighted by atomic mass is 16.6. The Morgan fingerprint density at radius 1 is 1.15 bits per heavy atom. The van der Waals surface area contributed by atoms with Gasteiger partial charge in [-0.3, -0.25) is 4.90 Å². The molecule has 1 heterocycles. The summed E-state index contributed by atoms with van der Waals surface area (Å²) in [6.45, 7) is 4.77. The van der Waals surface area contributed by atoms with Gasteiger partial charge in [0.1, 0.15) is 11.5 Å². The lowest BCUT2D eigenvalue weighted by Gasteiger charge is -2.24. The Hall–Kier alpha value is -1.78. The van der Waals surface area contributed by atoms with Crippen molar-refractivity contribution in [3.05, 3.63) is 48.2 Å². The molecule has 0 unspecified atom stereocenters. The Bertz CT molecular complexity index is 528. The molecule has 0 aliphatic carbocycles. The molecule has 2 rings (SSSR count). The van der Waals surface area contributed by atoms with Crippen LogP contribution in [-0.4, -0.2) is 29.2 Å². The zero-order chi connectivity index (χ0) is 14.6. The molecule has 108 valence electrons. The maximum atomic E-state index is 9.77. The van der Waals surface area contributed by atoms with Crippen LogP contribution in [0, 0.1) is 0 Å². The average Bonchev–Trinajstić information content (AvgIpc) is 2.75. The normalized spacial score (nSPS) is 11.8. The Morgan fingerprint density at radius 2 is 1.85 bits per heavy atom. The van der Waals surface area contributed by atoms with Crippen LogP contribution in [-0.2, 0) is 6.54 Å². The Labute approximate surface area is 119 Å². The quantitative estimate of drug-likeness (QED) is 0.879. The summed E-state index contributed by atoms with van der Waals surface area (Å²) in [6, 6.07) is 13.2. The minimum atomic E-state index is -0.718. The van der Waals surface area contributed by atoms with Gasteiger partial charge in [-0.05, 0) is 39.1 Å². The molecule has 0 amide bonds. The maximum absolute atomic E-state index is 9.77. The van der Waals surface area contributed by atoms with Crippen molar-refractivity contribution < 1.29 is 14.3 Å². The van der Waals surface area contributed by atoms with Crippen molar-refractivity contribution in [2.24, 2.45) is 0 Å². The van der Waals surface area contributed by atoms with Gasteiger partial charge in [0, 0.05) is 12.6 Å². The SMILES string of the molecule is CN(Cc1ccc(Oc2ccccc2)o1)CC(C)(C)O. The monoisotopic (exact) mass is 275 g/mol. The molecule has 0 saturated carbocycles. The first kappa shape index (κ1) is 14.6. The zero-order valence-electron chi connectivity index (χ0n) is 12.2. The lowest BCUT2D eigenvalue weighted by atomic mass is 10.1. The van der Waals surface area contributed by atoms with Gasteiger partial charge >= 0.3 is 0 Å². The van der Waals surface area contributed by atoms with Gasteiger partial charge < -0.3 is 14.3 Å². The van der Waals surface area contributed by atoms with Crippen molar-refractivity contribution in [1.29, 1.82) is 0 Å². The lowest BCUT2D eigenvalue weighted by molar-refractivity contribution is 0.0405. The van der Waals surface area contributed by atoms with Gasteiger partial charge in [0.25, 0.3) is 5.95 Å². The van der Waals surface area contributed by atoms with Crippen molar-refractivity contribution in [2.45, 2.75) is 26.0 Å². The second-order valence-electron chi connectivity index (χ2n) is 5.62. The summed E-state index contributed by atoms with van der Waals surface area (Å²) in [5.74, 6) is 2.03. The van der Waals surface area contributed by atoms with E-state index < -0.39 is 5.60 Å². The maximum Gasteiger partial charge on any atom is 0.290 e. The summed E-state index contributed by atoms with van der Waals surface area (Å²) in [6.07, 6.45) is 0. The molecule has 20 heavy (non-hydrogen) atoms. The van der Waals surface area contributed by atoms with E-state index in [4.69, 9.17) is 9.15 Å². The third-order valence-corrected chi connectivity index (χ3v) is 2.68. The van der Waals surface area contributed by atoms with Gasteiger partial charge in [0.2, 0.25) is 0 Å². The van der Waals surface area contributed by atoms with Crippen molar-refractivity contribution in [3.8, 4) is 11.7 Å². The highest BCUT2D eigenvalue weighted by Crippen LogP contribution is 2.24. The number of hydrogen-bond donors (Lipinski definition) is 1. The van der Waals surface area contributed by atoms with Crippen molar-refractivity contribution in [2.75, 3.05) is 13.6 Å². The van der Waals surface area contributed by atoms with Gasteiger partial charge in [0.15, 0.2) is 0 Å². The number of nitrogens with zero attached hydrogens (tertiary/aromatic N) is 1. The number of benzene rings is 1. The first-order chi connectivity index (χ1) is 9.42. The third-order valence-electron chi connectivity index (χ3n) is 2.68. The fourth-order valence-corrected chi connectivity index (χ4v) is 2.09. The molecule has 0 bridgehead atoms. The number of hydrogen-bond acceptors (Lipinski definition) is 4. The molecule has 0 fully saturated rings. The lowest BCUT2D eigenvalue weighted by Crippen LogP contribution is -2.35. The molecule has 2 aromatic rings. The van der Waals surface area contributed by atoms with Gasteiger partial charge in [-0.1, -0.05) is 18.2 Å². The van der Waals surface area contributed by atoms with Crippen LogP contribution in [0.3, 0.4) is 0 Å². The largest absolute Gasteiger partial charge is 0.429 e. The molecule has 1 aromatic heterocycles. The number of aliphatic hydroxyl groups is 1. The summed E-state index contributed by atoms with van der Waals surface area (Å²) in [5, 5.41) is 9.77. The van der Waals surface area contributed by atoms with Crippen LogP contribution in [0.25, 0.3) is 0 Å². The van der Waals surface area contributed by atoms with E-state index >= 15 is 0 Å². The van der Waals surface area contributed by atoms with Crippen LogP contribution in [0.2, 0.25) is 0 Å². The second kappa shape index (κ2) is 6.11. The molecule has 0 aliphatic rings. The molecular formula is C16H21NO3. The van der Waals surface area contributed by atoms with Gasteiger partial charge in [-0.2, -0.15) is 0 Å². The van der Waals surface area contributed by atoms with E-state index in [0.29, 0.717) is 19.0 Å². The van der Waals surface area contributed by atoms with E-state index in [-0.39, 0.29) is 0 Å². The van der Waals surface area contributed by atoms with E-state index in [2.05, 4.69) is 0 Å². The summed E-state index contributed by atoms with van der Waals surface area (Å²) in [4.78, 5) is 2.01. The standard InChI is InChI=1S/C16H21NO3/c1-16(2,18)12-17(3)11-14-9-10-15(20-14)19-13-7-5-4-6-8-13/h4-10,18H,11-12H2,1-3H3. The van der Waals surface area contributed by atoms with E-state index in [9.17, 15) is 5.11 Å². The number of ether oxygens (including phenoxy) is 1. The highest BCUT2D eigenvalue weighted by molar-refractivity contribution is 5.26. The van der Waals surface area contributed by atoms with E-state index in [1.165, 1.54) is 0 Å². The van der Waals surface area contributed by atoms with Crippen LogP contribution in [0.1, 0.15) is 19.6 Å². The molecule has 0 spiro atoms. The molecule has 4 nitrogen and oxygen atoms in total. The second-order valence-corrected chi connectivity index (χ2v) is 5.62. The Balaban J connectivity index is 1.92. The predicted molar refractivity (Wildman–Crippen MR) is 77.9 cm³/mol. The number of para-hydroxylation sites is 1. The molecule has 0 atom stereocenters. The minimum Gasteiger partial charge on any atom is -0.429 e. The number of likely N-dealkylation sites (N-methyl/N-ethyl adjacent to an activating group) is 1.